The molecule has 1 amide bonds. The van der Waals surface area contributed by atoms with Gasteiger partial charge >= 0.3 is 0 Å². The summed E-state index contributed by atoms with van der Waals surface area (Å²) in [6.07, 6.45) is 0. The number of carbonyl (C=O) groups is 1. The molecule has 7 nitrogen and oxygen atoms in total. The van der Waals surface area contributed by atoms with E-state index in [1.54, 1.807) is 64.7 Å². The third-order valence-electron chi connectivity index (χ3n) is 3.58. The molecule has 0 atom stereocenters. The second-order valence-electron chi connectivity index (χ2n) is 5.26. The van der Waals surface area contributed by atoms with Crippen LogP contribution in [-0.4, -0.2) is 39.6 Å². The monoisotopic (exact) mass is 358 g/mol. The van der Waals surface area contributed by atoms with Crippen molar-refractivity contribution in [1.29, 1.82) is 0 Å². The second-order valence-corrected chi connectivity index (χ2v) is 5.26. The normalized spacial score (nSPS) is 10.8. The van der Waals surface area contributed by atoms with Crippen molar-refractivity contribution >= 4 is 11.6 Å². The van der Waals surface area contributed by atoms with Crippen LogP contribution in [0, 0.1) is 0 Å². The summed E-state index contributed by atoms with van der Waals surface area (Å²) in [6.45, 7) is 1.62. The van der Waals surface area contributed by atoms with E-state index in [9.17, 15) is 4.79 Å². The lowest BCUT2D eigenvalue weighted by molar-refractivity contribution is -0.123. The summed E-state index contributed by atoms with van der Waals surface area (Å²) in [7, 11) is 4.73. The molecule has 2 rings (SSSR count). The largest absolute Gasteiger partial charge is 0.497 e. The van der Waals surface area contributed by atoms with E-state index in [0.717, 1.165) is 11.3 Å². The van der Waals surface area contributed by atoms with Crippen molar-refractivity contribution in [3.05, 3.63) is 48.0 Å². The molecule has 138 valence electrons. The Morgan fingerprint density at radius 2 is 1.54 bits per heavy atom. The van der Waals surface area contributed by atoms with Crippen molar-refractivity contribution in [2.24, 2.45) is 5.10 Å². The molecule has 0 fully saturated rings. The number of nitrogens with zero attached hydrogens (tertiary/aromatic N) is 1. The average molecular weight is 358 g/mol. The third-order valence-corrected chi connectivity index (χ3v) is 3.58. The molecule has 7 heteroatoms. The summed E-state index contributed by atoms with van der Waals surface area (Å²) >= 11 is 0. The van der Waals surface area contributed by atoms with Gasteiger partial charge in [-0.05, 0) is 43.3 Å². The smallest absolute Gasteiger partial charge is 0.277 e. The minimum absolute atomic E-state index is 0.150. The minimum atomic E-state index is -0.368. The third kappa shape index (κ3) is 5.14. The van der Waals surface area contributed by atoms with Crippen LogP contribution in [0.25, 0.3) is 0 Å². The van der Waals surface area contributed by atoms with Crippen molar-refractivity contribution in [2.75, 3.05) is 27.9 Å². The van der Waals surface area contributed by atoms with E-state index in [0.29, 0.717) is 23.0 Å². The molecule has 0 saturated carbocycles. The molecule has 0 saturated heterocycles. The Labute approximate surface area is 152 Å². The van der Waals surface area contributed by atoms with Gasteiger partial charge in [-0.3, -0.25) is 4.79 Å². The van der Waals surface area contributed by atoms with Crippen LogP contribution in [0.3, 0.4) is 0 Å². The highest BCUT2D eigenvalue weighted by atomic mass is 16.5. The Hall–Kier alpha value is -3.22. The first-order chi connectivity index (χ1) is 12.6. The molecule has 0 heterocycles. The van der Waals surface area contributed by atoms with Crippen molar-refractivity contribution in [3.8, 4) is 23.0 Å². The van der Waals surface area contributed by atoms with Gasteiger partial charge in [0.1, 0.15) is 23.0 Å². The maximum absolute atomic E-state index is 11.9. The molecule has 1 N–H and O–H groups in total. The summed E-state index contributed by atoms with van der Waals surface area (Å²) in [5.41, 5.74) is 3.82. The van der Waals surface area contributed by atoms with Crippen LogP contribution in [-0.2, 0) is 4.79 Å². The lowest BCUT2D eigenvalue weighted by atomic mass is 10.1. The maximum Gasteiger partial charge on any atom is 0.277 e. The van der Waals surface area contributed by atoms with Gasteiger partial charge in [0.05, 0.1) is 27.0 Å². The molecular weight excluding hydrogens is 336 g/mol. The Balaban J connectivity index is 1.94. The Kier molecular flexibility index (Phi) is 6.84. The standard InChI is InChI=1S/C19H22N2O5/c1-13(17-10-9-16(24-3)11-18(17)25-4)20-21-19(22)12-26-15-7-5-14(23-2)6-8-15/h5-11H,12H2,1-4H3,(H,21,22)/b20-13+. The minimum Gasteiger partial charge on any atom is -0.497 e. The predicted molar refractivity (Wildman–Crippen MR) is 98.4 cm³/mol. The number of carbonyl (C=O) groups excluding carboxylic acids is 1. The first kappa shape index (κ1) is 19.1. The van der Waals surface area contributed by atoms with E-state index >= 15 is 0 Å². The van der Waals surface area contributed by atoms with Crippen molar-refractivity contribution in [3.63, 3.8) is 0 Å². The van der Waals surface area contributed by atoms with Gasteiger partial charge in [-0.15, -0.1) is 0 Å². The lowest BCUT2D eigenvalue weighted by Crippen LogP contribution is -2.25. The molecule has 2 aromatic carbocycles. The zero-order valence-electron chi connectivity index (χ0n) is 15.2. The SMILES string of the molecule is COc1ccc(OCC(=O)N/N=C(\C)c2ccc(OC)cc2OC)cc1. The summed E-state index contributed by atoms with van der Waals surface area (Å²) in [5, 5.41) is 4.09. The van der Waals surface area contributed by atoms with Gasteiger partial charge in [0, 0.05) is 11.6 Å². The first-order valence-electron chi connectivity index (χ1n) is 7.89. The zero-order valence-corrected chi connectivity index (χ0v) is 15.2. The molecule has 0 aliphatic heterocycles. The van der Waals surface area contributed by atoms with Gasteiger partial charge in [-0.25, -0.2) is 5.43 Å². The van der Waals surface area contributed by atoms with Crippen LogP contribution in [0.15, 0.2) is 47.6 Å². The van der Waals surface area contributed by atoms with Crippen molar-refractivity contribution < 1.29 is 23.7 Å². The summed E-state index contributed by atoms with van der Waals surface area (Å²) in [5.74, 6) is 2.20. The molecule has 0 aliphatic carbocycles. The van der Waals surface area contributed by atoms with Crippen LogP contribution < -0.4 is 24.4 Å². The van der Waals surface area contributed by atoms with Gasteiger partial charge < -0.3 is 18.9 Å². The molecule has 0 aromatic heterocycles. The molecular formula is C19H22N2O5. The maximum atomic E-state index is 11.9. The summed E-state index contributed by atoms with van der Waals surface area (Å²) in [4.78, 5) is 11.9. The van der Waals surface area contributed by atoms with E-state index in [-0.39, 0.29) is 12.5 Å². The second kappa shape index (κ2) is 9.31. The van der Waals surface area contributed by atoms with Gasteiger partial charge in [0.2, 0.25) is 0 Å². The number of benzene rings is 2. The topological polar surface area (TPSA) is 78.4 Å². The van der Waals surface area contributed by atoms with Gasteiger partial charge in [-0.2, -0.15) is 5.10 Å². The fourth-order valence-electron chi connectivity index (χ4n) is 2.16. The van der Waals surface area contributed by atoms with Crippen LogP contribution in [0.1, 0.15) is 12.5 Å². The molecule has 26 heavy (non-hydrogen) atoms. The summed E-state index contributed by atoms with van der Waals surface area (Å²) < 4.78 is 21.0. The van der Waals surface area contributed by atoms with Crippen LogP contribution in [0.5, 0.6) is 23.0 Å². The lowest BCUT2D eigenvalue weighted by Gasteiger charge is -2.10. The van der Waals surface area contributed by atoms with Gasteiger partial charge in [0.15, 0.2) is 6.61 Å². The van der Waals surface area contributed by atoms with Crippen LogP contribution in [0.4, 0.5) is 0 Å². The number of hydrogen-bond acceptors (Lipinski definition) is 6. The number of nitrogens with one attached hydrogen (secondary N) is 1. The molecule has 0 aliphatic rings. The number of rotatable bonds is 8. The fourth-order valence-corrected chi connectivity index (χ4v) is 2.16. The highest BCUT2D eigenvalue weighted by molar-refractivity contribution is 6.01. The van der Waals surface area contributed by atoms with E-state index in [1.807, 2.05) is 6.07 Å². The number of methoxy groups -OCH3 is 3. The number of hydrazone groups is 1. The van der Waals surface area contributed by atoms with E-state index in [2.05, 4.69) is 10.5 Å². The average Bonchev–Trinajstić information content (AvgIpc) is 2.70. The zero-order chi connectivity index (χ0) is 18.9. The molecule has 2 aromatic rings. The predicted octanol–water partition coefficient (Wildman–Crippen LogP) is 2.63. The van der Waals surface area contributed by atoms with E-state index < -0.39 is 0 Å². The Morgan fingerprint density at radius 1 is 0.923 bits per heavy atom. The van der Waals surface area contributed by atoms with E-state index in [1.165, 1.54) is 0 Å². The Bertz CT molecular complexity index is 772. The quantitative estimate of drug-likeness (QED) is 0.580. The number of ether oxygens (including phenoxy) is 4. The van der Waals surface area contributed by atoms with Crippen molar-refractivity contribution in [1.82, 2.24) is 5.43 Å². The molecule has 0 spiro atoms. The van der Waals surface area contributed by atoms with Gasteiger partial charge in [0.25, 0.3) is 5.91 Å². The molecule has 0 radical (unpaired) electrons. The Morgan fingerprint density at radius 3 is 2.15 bits per heavy atom. The van der Waals surface area contributed by atoms with Crippen LogP contribution in [0.2, 0.25) is 0 Å². The number of hydrogen-bond donors (Lipinski definition) is 1. The summed E-state index contributed by atoms with van der Waals surface area (Å²) in [6, 6.07) is 12.3. The van der Waals surface area contributed by atoms with E-state index in [4.69, 9.17) is 18.9 Å². The van der Waals surface area contributed by atoms with Crippen molar-refractivity contribution in [2.45, 2.75) is 6.92 Å². The first-order valence-corrected chi connectivity index (χ1v) is 7.89. The molecule has 0 bridgehead atoms. The molecule has 0 unspecified atom stereocenters. The van der Waals surface area contributed by atoms with Crippen LogP contribution >= 0.6 is 0 Å². The highest BCUT2D eigenvalue weighted by Gasteiger charge is 2.09. The van der Waals surface area contributed by atoms with Gasteiger partial charge in [-0.1, -0.05) is 0 Å². The fraction of sp³-hybridized carbons (Fsp3) is 0.263. The number of amides is 1. The highest BCUT2D eigenvalue weighted by Crippen LogP contribution is 2.25.